The van der Waals surface area contributed by atoms with Gasteiger partial charge in [-0.3, -0.25) is 4.79 Å². The monoisotopic (exact) mass is 466 g/mol. The van der Waals surface area contributed by atoms with Gasteiger partial charge in [0.1, 0.15) is 5.60 Å². The van der Waals surface area contributed by atoms with Crippen molar-refractivity contribution in [1.29, 1.82) is 0 Å². The molecular formula is C29H42N2O3. The number of hydrogen-bond donors (Lipinski definition) is 2. The van der Waals surface area contributed by atoms with Crippen molar-refractivity contribution < 1.29 is 14.3 Å². The fourth-order valence-corrected chi connectivity index (χ4v) is 3.90. The minimum Gasteiger partial charge on any atom is -0.444 e. The number of ether oxygens (including phenoxy) is 1. The van der Waals surface area contributed by atoms with E-state index in [1.54, 1.807) is 0 Å². The molecule has 0 spiro atoms. The minimum absolute atomic E-state index is 0.0988. The third-order valence-corrected chi connectivity index (χ3v) is 5.59. The summed E-state index contributed by atoms with van der Waals surface area (Å²) >= 11 is 0. The van der Waals surface area contributed by atoms with Crippen LogP contribution in [0.1, 0.15) is 76.8 Å². The summed E-state index contributed by atoms with van der Waals surface area (Å²) in [6.45, 7) is 6.03. The van der Waals surface area contributed by atoms with E-state index in [4.69, 9.17) is 4.74 Å². The van der Waals surface area contributed by atoms with Gasteiger partial charge in [0.15, 0.2) is 0 Å². The number of amides is 2. The molecule has 0 bridgehead atoms. The van der Waals surface area contributed by atoms with E-state index in [0.29, 0.717) is 13.0 Å². The summed E-state index contributed by atoms with van der Waals surface area (Å²) < 4.78 is 5.23. The maximum atomic E-state index is 12.6. The SMILES string of the molecule is CC(C)(C)OC(=O)NCCCCC(=O)NC(CCCc1ccccc1)CCCc1ccccc1. The third-order valence-electron chi connectivity index (χ3n) is 5.59. The van der Waals surface area contributed by atoms with Gasteiger partial charge in [0.25, 0.3) is 0 Å². The number of nitrogens with one attached hydrogen (secondary N) is 2. The highest BCUT2D eigenvalue weighted by Crippen LogP contribution is 2.13. The van der Waals surface area contributed by atoms with Crippen LogP contribution in [0.5, 0.6) is 0 Å². The molecule has 2 N–H and O–H groups in total. The van der Waals surface area contributed by atoms with E-state index in [0.717, 1.165) is 51.4 Å². The lowest BCUT2D eigenvalue weighted by atomic mass is 9.99. The van der Waals surface area contributed by atoms with Gasteiger partial charge in [-0.25, -0.2) is 4.79 Å². The lowest BCUT2D eigenvalue weighted by Gasteiger charge is -2.20. The molecule has 2 amide bonds. The number of benzene rings is 2. The van der Waals surface area contributed by atoms with Gasteiger partial charge in [-0.05, 0) is 83.3 Å². The highest BCUT2D eigenvalue weighted by molar-refractivity contribution is 5.76. The van der Waals surface area contributed by atoms with Gasteiger partial charge >= 0.3 is 6.09 Å². The van der Waals surface area contributed by atoms with E-state index in [2.05, 4.69) is 59.2 Å². The first-order chi connectivity index (χ1) is 16.3. The predicted octanol–water partition coefficient (Wildman–Crippen LogP) is 6.21. The second-order valence-corrected chi connectivity index (χ2v) is 9.91. The van der Waals surface area contributed by atoms with E-state index in [1.165, 1.54) is 11.1 Å². The molecule has 0 aliphatic rings. The zero-order valence-corrected chi connectivity index (χ0v) is 21.1. The molecule has 34 heavy (non-hydrogen) atoms. The molecule has 5 nitrogen and oxygen atoms in total. The van der Waals surface area contributed by atoms with Crippen molar-refractivity contribution in [1.82, 2.24) is 10.6 Å². The molecule has 0 unspecified atom stereocenters. The first kappa shape index (κ1) is 27.4. The highest BCUT2D eigenvalue weighted by atomic mass is 16.6. The van der Waals surface area contributed by atoms with Crippen LogP contribution in [0.15, 0.2) is 60.7 Å². The average Bonchev–Trinajstić information content (AvgIpc) is 2.79. The number of carbonyl (C=O) groups is 2. The van der Waals surface area contributed by atoms with Gasteiger partial charge in [0.2, 0.25) is 5.91 Å². The molecule has 186 valence electrons. The van der Waals surface area contributed by atoms with Crippen LogP contribution in [-0.2, 0) is 22.4 Å². The summed E-state index contributed by atoms with van der Waals surface area (Å²) in [7, 11) is 0. The summed E-state index contributed by atoms with van der Waals surface area (Å²) in [6, 6.07) is 21.2. The summed E-state index contributed by atoms with van der Waals surface area (Å²) in [6.07, 6.45) is 7.69. The second kappa shape index (κ2) is 15.2. The smallest absolute Gasteiger partial charge is 0.407 e. The Bertz CT molecular complexity index is 786. The number of alkyl carbamates (subject to hydrolysis) is 1. The molecule has 0 aliphatic heterocycles. The van der Waals surface area contributed by atoms with Gasteiger partial charge in [-0.1, -0.05) is 60.7 Å². The van der Waals surface area contributed by atoms with Crippen molar-refractivity contribution >= 4 is 12.0 Å². The summed E-state index contributed by atoms with van der Waals surface area (Å²) in [5.74, 6) is 0.0988. The highest BCUT2D eigenvalue weighted by Gasteiger charge is 2.16. The number of unbranched alkanes of at least 4 members (excludes halogenated alkanes) is 1. The standard InChI is InChI=1S/C29H42N2O3/c1-29(2,3)34-28(33)30-23-11-10-22-27(32)31-26(20-12-18-24-14-6-4-7-15-24)21-13-19-25-16-8-5-9-17-25/h4-9,14-17,26H,10-13,18-23H2,1-3H3,(H,30,33)(H,31,32). The van der Waals surface area contributed by atoms with E-state index >= 15 is 0 Å². The fourth-order valence-electron chi connectivity index (χ4n) is 3.90. The summed E-state index contributed by atoms with van der Waals surface area (Å²) in [4.78, 5) is 24.3. The Balaban J connectivity index is 1.71. The quantitative estimate of drug-likeness (QED) is 0.325. The summed E-state index contributed by atoms with van der Waals surface area (Å²) in [5, 5.41) is 6.02. The van der Waals surface area contributed by atoms with Gasteiger partial charge in [-0.2, -0.15) is 0 Å². The lowest BCUT2D eigenvalue weighted by molar-refractivity contribution is -0.122. The largest absolute Gasteiger partial charge is 0.444 e. The van der Waals surface area contributed by atoms with Crippen molar-refractivity contribution in [2.75, 3.05) is 6.54 Å². The van der Waals surface area contributed by atoms with Gasteiger partial charge in [-0.15, -0.1) is 0 Å². The maximum absolute atomic E-state index is 12.6. The maximum Gasteiger partial charge on any atom is 0.407 e. The molecule has 0 heterocycles. The second-order valence-electron chi connectivity index (χ2n) is 9.91. The zero-order chi connectivity index (χ0) is 24.7. The van der Waals surface area contributed by atoms with Gasteiger partial charge in [0.05, 0.1) is 0 Å². The fraction of sp³-hybridized carbons (Fsp3) is 0.517. The number of aryl methyl sites for hydroxylation is 2. The van der Waals surface area contributed by atoms with Crippen molar-refractivity contribution in [3.63, 3.8) is 0 Å². The van der Waals surface area contributed by atoms with Crippen LogP contribution in [0.4, 0.5) is 4.79 Å². The predicted molar refractivity (Wildman–Crippen MR) is 139 cm³/mol. The Morgan fingerprint density at radius 2 is 1.32 bits per heavy atom. The molecule has 2 rings (SSSR count). The van der Waals surface area contributed by atoms with E-state index in [9.17, 15) is 9.59 Å². The molecule has 5 heteroatoms. The zero-order valence-electron chi connectivity index (χ0n) is 21.1. The number of rotatable bonds is 14. The van der Waals surface area contributed by atoms with Crippen molar-refractivity contribution in [2.24, 2.45) is 0 Å². The Labute approximate surface area is 205 Å². The lowest BCUT2D eigenvalue weighted by Crippen LogP contribution is -2.35. The molecule has 0 fully saturated rings. The number of carbonyl (C=O) groups excluding carboxylic acids is 2. The van der Waals surface area contributed by atoms with Crippen LogP contribution < -0.4 is 10.6 Å². The molecule has 0 radical (unpaired) electrons. The van der Waals surface area contributed by atoms with E-state index in [1.807, 2.05) is 32.9 Å². The molecule has 0 aromatic heterocycles. The van der Waals surface area contributed by atoms with Crippen LogP contribution >= 0.6 is 0 Å². The van der Waals surface area contributed by atoms with Crippen LogP contribution in [0.3, 0.4) is 0 Å². The third kappa shape index (κ3) is 13.0. The molecule has 0 saturated heterocycles. The van der Waals surface area contributed by atoms with Crippen LogP contribution in [-0.4, -0.2) is 30.2 Å². The van der Waals surface area contributed by atoms with Crippen LogP contribution in [0.25, 0.3) is 0 Å². The Kier molecular flexibility index (Phi) is 12.2. The Hall–Kier alpha value is -2.82. The van der Waals surface area contributed by atoms with Gasteiger partial charge in [0, 0.05) is 19.0 Å². The van der Waals surface area contributed by atoms with Gasteiger partial charge < -0.3 is 15.4 Å². The minimum atomic E-state index is -0.500. The molecule has 2 aromatic carbocycles. The number of hydrogen-bond acceptors (Lipinski definition) is 3. The van der Waals surface area contributed by atoms with Crippen LogP contribution in [0.2, 0.25) is 0 Å². The topological polar surface area (TPSA) is 67.4 Å². The van der Waals surface area contributed by atoms with E-state index in [-0.39, 0.29) is 11.9 Å². The molecule has 2 aromatic rings. The van der Waals surface area contributed by atoms with Crippen molar-refractivity contribution in [3.8, 4) is 0 Å². The normalized spacial score (nSPS) is 11.3. The Morgan fingerprint density at radius 1 is 0.794 bits per heavy atom. The van der Waals surface area contributed by atoms with E-state index < -0.39 is 11.7 Å². The molecule has 0 atom stereocenters. The van der Waals surface area contributed by atoms with Crippen molar-refractivity contribution in [2.45, 2.75) is 90.2 Å². The average molecular weight is 467 g/mol. The van der Waals surface area contributed by atoms with Crippen LogP contribution in [0, 0.1) is 0 Å². The Morgan fingerprint density at radius 3 is 1.82 bits per heavy atom. The van der Waals surface area contributed by atoms with Crippen molar-refractivity contribution in [3.05, 3.63) is 71.8 Å². The molecule has 0 saturated carbocycles. The first-order valence-electron chi connectivity index (χ1n) is 12.7. The molecule has 0 aliphatic carbocycles. The first-order valence-corrected chi connectivity index (χ1v) is 12.7. The summed E-state index contributed by atoms with van der Waals surface area (Å²) in [5.41, 5.74) is 2.18. The molecular weight excluding hydrogens is 424 g/mol.